The topological polar surface area (TPSA) is 79.2 Å². The van der Waals surface area contributed by atoms with Crippen molar-refractivity contribution >= 4 is 0 Å². The van der Waals surface area contributed by atoms with Gasteiger partial charge in [-0.05, 0) is 25.7 Å². The summed E-state index contributed by atoms with van der Waals surface area (Å²) in [5, 5.41) is 22.9. The summed E-state index contributed by atoms with van der Waals surface area (Å²) >= 11 is 0. The fraction of sp³-hybridized carbons (Fsp3) is 1.00. The maximum absolute atomic E-state index is 8.91. The minimum atomic E-state index is 0.0359. The van der Waals surface area contributed by atoms with Crippen LogP contribution in [0, 0.1) is 0 Å². The molecule has 130 valence electrons. The van der Waals surface area contributed by atoms with Crippen LogP contribution in [-0.4, -0.2) is 61.1 Å². The summed E-state index contributed by atoms with van der Waals surface area (Å²) in [5.74, 6) is 0. The van der Waals surface area contributed by atoms with E-state index in [9.17, 15) is 0 Å². The Morgan fingerprint density at radius 3 is 1.33 bits per heavy atom. The molecule has 2 heterocycles. The van der Waals surface area contributed by atoms with Gasteiger partial charge in [0.05, 0.1) is 18.3 Å². The largest absolute Gasteiger partial charge is 0.400 e. The predicted octanol–water partition coefficient (Wildman–Crippen LogP) is 2.12. The number of aliphatic hydroxyl groups is 3. The molecule has 0 radical (unpaired) electrons. The SMILES string of the molecule is C1C[C@@H]2OCC[C@@H]2O1.CC.CO.CO.OC1CCCCC1. The van der Waals surface area contributed by atoms with Crippen molar-refractivity contribution in [1.82, 2.24) is 0 Å². The fourth-order valence-corrected chi connectivity index (χ4v) is 2.51. The lowest BCUT2D eigenvalue weighted by Gasteiger charge is -2.14. The van der Waals surface area contributed by atoms with Gasteiger partial charge in [0.15, 0.2) is 0 Å². The first-order chi connectivity index (χ1) is 10.4. The van der Waals surface area contributed by atoms with Crippen molar-refractivity contribution < 1.29 is 24.8 Å². The lowest BCUT2D eigenvalue weighted by Crippen LogP contribution is -2.13. The molecule has 3 N–H and O–H groups in total. The monoisotopic (exact) mass is 308 g/mol. The molecule has 0 aromatic heterocycles. The Morgan fingerprint density at radius 2 is 1.05 bits per heavy atom. The third kappa shape index (κ3) is 11.1. The molecular formula is C16H36O5. The fourth-order valence-electron chi connectivity index (χ4n) is 2.51. The normalized spacial score (nSPS) is 26.4. The zero-order valence-corrected chi connectivity index (χ0v) is 14.3. The molecule has 0 aromatic rings. The van der Waals surface area contributed by atoms with E-state index in [1.165, 1.54) is 19.3 Å². The summed E-state index contributed by atoms with van der Waals surface area (Å²) in [6, 6.07) is 0. The van der Waals surface area contributed by atoms with E-state index in [2.05, 4.69) is 0 Å². The van der Waals surface area contributed by atoms with Crippen molar-refractivity contribution in [2.24, 2.45) is 0 Å². The number of rotatable bonds is 0. The van der Waals surface area contributed by atoms with E-state index in [1.54, 1.807) is 0 Å². The van der Waals surface area contributed by atoms with Gasteiger partial charge in [-0.25, -0.2) is 0 Å². The van der Waals surface area contributed by atoms with E-state index in [-0.39, 0.29) is 6.10 Å². The maximum Gasteiger partial charge on any atom is 0.0859 e. The lowest BCUT2D eigenvalue weighted by molar-refractivity contribution is 0.0732. The average molecular weight is 308 g/mol. The van der Waals surface area contributed by atoms with Crippen LogP contribution in [0.4, 0.5) is 0 Å². The van der Waals surface area contributed by atoms with Gasteiger partial charge in [0.2, 0.25) is 0 Å². The number of ether oxygens (including phenoxy) is 2. The molecule has 5 nitrogen and oxygen atoms in total. The van der Waals surface area contributed by atoms with Crippen LogP contribution in [0.15, 0.2) is 0 Å². The van der Waals surface area contributed by atoms with Crippen molar-refractivity contribution in [1.29, 1.82) is 0 Å². The highest BCUT2D eigenvalue weighted by atomic mass is 16.6. The van der Waals surface area contributed by atoms with Crippen LogP contribution < -0.4 is 0 Å². The molecule has 1 saturated carbocycles. The quantitative estimate of drug-likeness (QED) is 0.639. The van der Waals surface area contributed by atoms with Gasteiger partial charge in [-0.15, -0.1) is 0 Å². The van der Waals surface area contributed by atoms with Crippen molar-refractivity contribution in [3.8, 4) is 0 Å². The maximum atomic E-state index is 8.91. The van der Waals surface area contributed by atoms with E-state index < -0.39 is 0 Å². The molecule has 0 aromatic carbocycles. The second-order valence-electron chi connectivity index (χ2n) is 4.69. The molecule has 0 bridgehead atoms. The first kappa shape index (κ1) is 23.1. The Balaban J connectivity index is 0. The summed E-state index contributed by atoms with van der Waals surface area (Å²) in [4.78, 5) is 0. The molecule has 2 atom stereocenters. The van der Waals surface area contributed by atoms with E-state index in [0.29, 0.717) is 12.2 Å². The van der Waals surface area contributed by atoms with Gasteiger partial charge in [-0.3, -0.25) is 0 Å². The summed E-state index contributed by atoms with van der Waals surface area (Å²) < 4.78 is 10.7. The summed E-state index contributed by atoms with van der Waals surface area (Å²) in [7, 11) is 2.00. The molecular weight excluding hydrogens is 272 g/mol. The van der Waals surface area contributed by atoms with Crippen LogP contribution in [0.3, 0.4) is 0 Å². The Kier molecular flexibility index (Phi) is 19.6. The Morgan fingerprint density at radius 1 is 0.667 bits per heavy atom. The summed E-state index contributed by atoms with van der Waals surface area (Å²) in [6.07, 6.45) is 9.06. The third-order valence-electron chi connectivity index (χ3n) is 3.46. The molecule has 5 heteroatoms. The Hall–Kier alpha value is -0.200. The highest BCUT2D eigenvalue weighted by Gasteiger charge is 2.33. The van der Waals surface area contributed by atoms with Crippen molar-refractivity contribution in [2.75, 3.05) is 27.4 Å². The molecule has 3 rings (SSSR count). The molecule has 0 amide bonds. The zero-order chi connectivity index (χ0) is 16.5. The summed E-state index contributed by atoms with van der Waals surface area (Å²) in [5.41, 5.74) is 0. The van der Waals surface area contributed by atoms with Gasteiger partial charge < -0.3 is 24.8 Å². The number of hydrogen-bond acceptors (Lipinski definition) is 5. The molecule has 2 aliphatic heterocycles. The molecule has 1 aliphatic carbocycles. The van der Waals surface area contributed by atoms with Crippen molar-refractivity contribution in [2.45, 2.75) is 77.1 Å². The van der Waals surface area contributed by atoms with Crippen LogP contribution in [0.25, 0.3) is 0 Å². The van der Waals surface area contributed by atoms with Gasteiger partial charge in [0.1, 0.15) is 0 Å². The third-order valence-corrected chi connectivity index (χ3v) is 3.46. The van der Waals surface area contributed by atoms with Crippen LogP contribution >= 0.6 is 0 Å². The second-order valence-corrected chi connectivity index (χ2v) is 4.69. The molecule has 2 saturated heterocycles. The highest BCUT2D eigenvalue weighted by molar-refractivity contribution is 4.81. The summed E-state index contributed by atoms with van der Waals surface area (Å²) in [6.45, 7) is 5.82. The van der Waals surface area contributed by atoms with Crippen molar-refractivity contribution in [3.63, 3.8) is 0 Å². The van der Waals surface area contributed by atoms with E-state index in [1.807, 2.05) is 13.8 Å². The molecule has 3 aliphatic rings. The highest BCUT2D eigenvalue weighted by Crippen LogP contribution is 2.25. The minimum Gasteiger partial charge on any atom is -0.400 e. The zero-order valence-electron chi connectivity index (χ0n) is 14.3. The van der Waals surface area contributed by atoms with Crippen molar-refractivity contribution in [3.05, 3.63) is 0 Å². The number of fused-ring (bicyclic) bond motifs is 1. The molecule has 3 fully saturated rings. The smallest absolute Gasteiger partial charge is 0.0859 e. The standard InChI is InChI=1S/C6H10O2.C6H12O.C2H6.2CH4O/c1-3-7-6-2-4-8-5(1)6;7-6-4-2-1-3-5-6;3*1-2/h5-6H,1-4H2;6-7H,1-5H2;1-2H3;2*2H,1H3/t5-,6-;;;;/m0..../s1. The van der Waals surface area contributed by atoms with Crippen LogP contribution in [0.2, 0.25) is 0 Å². The van der Waals surface area contributed by atoms with E-state index in [4.69, 9.17) is 24.8 Å². The van der Waals surface area contributed by atoms with Gasteiger partial charge in [0.25, 0.3) is 0 Å². The van der Waals surface area contributed by atoms with Crippen LogP contribution in [0.1, 0.15) is 58.8 Å². The first-order valence-corrected chi connectivity index (χ1v) is 8.17. The van der Waals surface area contributed by atoms with Gasteiger partial charge >= 0.3 is 0 Å². The van der Waals surface area contributed by atoms with E-state index >= 15 is 0 Å². The molecule has 21 heavy (non-hydrogen) atoms. The van der Waals surface area contributed by atoms with Crippen LogP contribution in [-0.2, 0) is 9.47 Å². The first-order valence-electron chi connectivity index (χ1n) is 8.17. The lowest BCUT2D eigenvalue weighted by atomic mass is 9.98. The molecule has 0 spiro atoms. The Labute approximate surface area is 130 Å². The predicted molar refractivity (Wildman–Crippen MR) is 85.4 cm³/mol. The van der Waals surface area contributed by atoms with Crippen LogP contribution in [0.5, 0.6) is 0 Å². The molecule has 0 unspecified atom stereocenters. The number of aliphatic hydroxyl groups excluding tert-OH is 3. The second kappa shape index (κ2) is 17.9. The van der Waals surface area contributed by atoms with Gasteiger partial charge in [-0.2, -0.15) is 0 Å². The Bertz CT molecular complexity index is 164. The number of hydrogen-bond donors (Lipinski definition) is 3. The minimum absolute atomic E-state index is 0.0359. The van der Waals surface area contributed by atoms with Gasteiger partial charge in [0, 0.05) is 27.4 Å². The van der Waals surface area contributed by atoms with Gasteiger partial charge in [-0.1, -0.05) is 33.1 Å². The average Bonchev–Trinajstić information content (AvgIpc) is 3.19. The van der Waals surface area contributed by atoms with E-state index in [0.717, 1.165) is 53.1 Å².